The third-order valence-corrected chi connectivity index (χ3v) is 7.63. The second-order valence-electron chi connectivity index (χ2n) is 9.91. The average molecular weight is 638 g/mol. The lowest BCUT2D eigenvalue weighted by atomic mass is 9.95. The molecule has 0 aliphatic carbocycles. The van der Waals surface area contributed by atoms with E-state index in [1.165, 1.54) is 32.7 Å². The van der Waals surface area contributed by atoms with E-state index in [0.29, 0.717) is 0 Å². The molecule has 14 nitrogen and oxygen atoms in total. The molecule has 240 valence electrons. The van der Waals surface area contributed by atoms with Gasteiger partial charge in [-0.25, -0.2) is 23.7 Å². The number of nitrogens with one attached hydrogen (secondary N) is 3. The number of halogens is 5. The molecule has 1 aromatic rings. The third kappa shape index (κ3) is 7.62. The monoisotopic (exact) mass is 638 g/mol. The summed E-state index contributed by atoms with van der Waals surface area (Å²) < 4.78 is 106. The van der Waals surface area contributed by atoms with Crippen molar-refractivity contribution in [2.45, 2.75) is 96.1 Å². The molecule has 0 aromatic carbocycles. The fourth-order valence-electron chi connectivity index (χ4n) is 3.62. The van der Waals surface area contributed by atoms with Crippen LogP contribution in [0.15, 0.2) is 15.8 Å². The molecular formula is C22H32F5N4O10P. The minimum atomic E-state index is -4.97. The summed E-state index contributed by atoms with van der Waals surface area (Å²) in [6.07, 6.45) is -11.4. The van der Waals surface area contributed by atoms with Gasteiger partial charge in [0, 0.05) is 0 Å². The zero-order valence-corrected chi connectivity index (χ0v) is 24.1. The minimum Gasteiger partial charge on any atom is -0.462 e. The maximum atomic E-state index is 15.3. The third-order valence-electron chi connectivity index (χ3n) is 5.69. The van der Waals surface area contributed by atoms with Crippen LogP contribution in [0.25, 0.3) is 0 Å². The Morgan fingerprint density at radius 2 is 1.55 bits per heavy atom. The number of H-pyrrole nitrogens is 1. The number of hydrogen-bond acceptors (Lipinski definition) is 10. The maximum Gasteiger partial charge on any atom is 0.342 e. The van der Waals surface area contributed by atoms with Crippen LogP contribution in [-0.4, -0.2) is 81.5 Å². The number of carbonyl (C=O) groups is 2. The molecule has 0 saturated carbocycles. The number of aliphatic hydroxyl groups excluding tert-OH is 1. The van der Waals surface area contributed by atoms with Gasteiger partial charge in [-0.05, 0) is 41.5 Å². The lowest BCUT2D eigenvalue weighted by Gasteiger charge is -2.35. The van der Waals surface area contributed by atoms with Crippen molar-refractivity contribution >= 4 is 19.6 Å². The first kappa shape index (κ1) is 35.5. The smallest absolute Gasteiger partial charge is 0.342 e. The Labute approximate surface area is 235 Å². The van der Waals surface area contributed by atoms with Crippen LogP contribution in [0.5, 0.6) is 0 Å². The number of aliphatic hydroxyl groups is 1. The zero-order chi connectivity index (χ0) is 32.4. The summed E-state index contributed by atoms with van der Waals surface area (Å²) in [4.78, 5) is 49.4. The first-order valence-corrected chi connectivity index (χ1v) is 14.0. The van der Waals surface area contributed by atoms with E-state index >= 15 is 8.78 Å². The highest BCUT2D eigenvalue weighted by Crippen LogP contribution is 2.53. The molecule has 1 aromatic heterocycles. The first-order valence-electron chi connectivity index (χ1n) is 12.4. The topological polar surface area (TPSA) is 187 Å². The van der Waals surface area contributed by atoms with Gasteiger partial charge in [-0.3, -0.25) is 28.5 Å². The number of nitrogens with zero attached hydrogens (tertiary/aromatic N) is 1. The predicted octanol–water partition coefficient (Wildman–Crippen LogP) is 1.19. The molecular weight excluding hydrogens is 606 g/mol. The van der Waals surface area contributed by atoms with Crippen LogP contribution >= 0.6 is 7.67 Å². The van der Waals surface area contributed by atoms with Gasteiger partial charge in [0.1, 0.15) is 12.1 Å². The fraction of sp³-hybridized carbons (Fsp3) is 0.727. The van der Waals surface area contributed by atoms with Crippen molar-refractivity contribution in [1.29, 1.82) is 0 Å². The summed E-state index contributed by atoms with van der Waals surface area (Å²) in [7, 11) is -4.96. The van der Waals surface area contributed by atoms with Crippen molar-refractivity contribution in [2.75, 3.05) is 6.61 Å². The second-order valence-corrected chi connectivity index (χ2v) is 11.8. The van der Waals surface area contributed by atoms with E-state index < -0.39 is 97.9 Å². The Morgan fingerprint density at radius 1 is 1.07 bits per heavy atom. The molecule has 1 aliphatic heterocycles. The van der Waals surface area contributed by atoms with Gasteiger partial charge in [0.15, 0.2) is 12.3 Å². The molecule has 42 heavy (non-hydrogen) atoms. The molecule has 4 N–H and O–H groups in total. The number of rotatable bonds is 13. The molecule has 2 rings (SSSR count). The van der Waals surface area contributed by atoms with Gasteiger partial charge in [-0.15, -0.1) is 0 Å². The van der Waals surface area contributed by atoms with E-state index in [1.54, 1.807) is 0 Å². The van der Waals surface area contributed by atoms with Gasteiger partial charge in [0.05, 0.1) is 25.0 Å². The molecule has 0 unspecified atom stereocenters. The average Bonchev–Trinajstić information content (AvgIpc) is 3.05. The summed E-state index contributed by atoms with van der Waals surface area (Å²) in [5.41, 5.74) is -7.28. The molecule has 0 radical (unpaired) electrons. The molecule has 0 amide bonds. The van der Waals surface area contributed by atoms with Crippen molar-refractivity contribution in [1.82, 2.24) is 19.7 Å². The van der Waals surface area contributed by atoms with Gasteiger partial charge in [0.2, 0.25) is 11.4 Å². The molecule has 0 bridgehead atoms. The highest BCUT2D eigenvalue weighted by molar-refractivity contribution is 7.54. The maximum absolute atomic E-state index is 15.3. The number of esters is 2. The standard InChI is InChI=1S/C22H32F5N4O10P/c1-9(2)39-17(34)11(5)29-42(37,30-12(6)18(35)40-10(3)4)38-8-21(19(24)25)22(26,27)14(32)16(41-21)31-7-13(23)15(33)28-20(31)36/h7,9-12,14,16,19,32H,8H2,1-6H3,(H,28,33,36)(H2,29,30,37)/t11-,12-,14-,16+,21-/m0/s1. The number of ether oxygens (including phenoxy) is 3. The van der Waals surface area contributed by atoms with Crippen LogP contribution < -0.4 is 21.4 Å². The van der Waals surface area contributed by atoms with Crippen LogP contribution in [0.2, 0.25) is 0 Å². The van der Waals surface area contributed by atoms with E-state index in [1.807, 2.05) is 0 Å². The van der Waals surface area contributed by atoms with Crippen LogP contribution in [-0.2, 0) is 32.9 Å². The van der Waals surface area contributed by atoms with Crippen molar-refractivity contribution in [3.63, 3.8) is 0 Å². The Balaban J connectivity index is 2.49. The number of aromatic amines is 1. The summed E-state index contributed by atoms with van der Waals surface area (Å²) in [5.74, 6) is -8.70. The summed E-state index contributed by atoms with van der Waals surface area (Å²) in [6.45, 7) is 6.17. The minimum absolute atomic E-state index is 0.0611. The van der Waals surface area contributed by atoms with E-state index in [-0.39, 0.29) is 10.8 Å². The van der Waals surface area contributed by atoms with Gasteiger partial charge in [-0.2, -0.15) is 13.2 Å². The lowest BCUT2D eigenvalue weighted by Crippen LogP contribution is -2.58. The number of carbonyl (C=O) groups excluding carboxylic acids is 2. The summed E-state index contributed by atoms with van der Waals surface area (Å²) in [6, 6.07) is -3.04. The molecule has 2 heterocycles. The van der Waals surface area contributed by atoms with Crippen LogP contribution in [0, 0.1) is 5.82 Å². The van der Waals surface area contributed by atoms with Crippen molar-refractivity contribution in [3.8, 4) is 0 Å². The lowest BCUT2D eigenvalue weighted by molar-refractivity contribution is -0.241. The Kier molecular flexibility index (Phi) is 11.2. The largest absolute Gasteiger partial charge is 0.462 e. The van der Waals surface area contributed by atoms with Crippen molar-refractivity contribution in [3.05, 3.63) is 32.9 Å². The van der Waals surface area contributed by atoms with Gasteiger partial charge in [-0.1, -0.05) is 0 Å². The SMILES string of the molecule is CC(C)OC(=O)[C@H](C)NP(=O)(N[C@@H](C)C(=O)OC(C)C)OC[C@@]1(C(F)F)O[C@@H](n2cc(F)c(=O)[nH]c2=O)[C@H](O)C1(F)F. The second kappa shape index (κ2) is 13.3. The number of alkyl halides is 4. The molecule has 1 aliphatic rings. The predicted molar refractivity (Wildman–Crippen MR) is 132 cm³/mol. The molecule has 0 spiro atoms. The van der Waals surface area contributed by atoms with Crippen molar-refractivity contribution in [2.24, 2.45) is 0 Å². The van der Waals surface area contributed by atoms with Gasteiger partial charge < -0.3 is 23.8 Å². The van der Waals surface area contributed by atoms with E-state index in [9.17, 15) is 42.0 Å². The Hall–Kier alpha value is -2.70. The van der Waals surface area contributed by atoms with E-state index in [0.717, 1.165) is 13.8 Å². The summed E-state index contributed by atoms with van der Waals surface area (Å²) in [5, 5.41) is 14.4. The van der Waals surface area contributed by atoms with Crippen molar-refractivity contribution < 1.29 is 59.9 Å². The molecule has 1 fully saturated rings. The highest BCUT2D eigenvalue weighted by atomic mass is 31.2. The first-order chi connectivity index (χ1) is 19.2. The van der Waals surface area contributed by atoms with Crippen LogP contribution in [0.3, 0.4) is 0 Å². The zero-order valence-electron chi connectivity index (χ0n) is 23.2. The fourth-order valence-corrected chi connectivity index (χ4v) is 5.45. The molecule has 5 atom stereocenters. The van der Waals surface area contributed by atoms with E-state index in [4.69, 9.17) is 18.7 Å². The van der Waals surface area contributed by atoms with Crippen LogP contribution in [0.1, 0.15) is 47.8 Å². The van der Waals surface area contributed by atoms with Gasteiger partial charge in [0.25, 0.3) is 12.0 Å². The number of aromatic nitrogens is 2. The van der Waals surface area contributed by atoms with E-state index in [2.05, 4.69) is 10.2 Å². The summed E-state index contributed by atoms with van der Waals surface area (Å²) >= 11 is 0. The Morgan fingerprint density at radius 3 is 1.98 bits per heavy atom. The molecule has 20 heteroatoms. The highest BCUT2D eigenvalue weighted by Gasteiger charge is 2.74. The number of hydrogen-bond donors (Lipinski definition) is 4. The normalized spacial score (nSPS) is 23.8. The van der Waals surface area contributed by atoms with Crippen LogP contribution in [0.4, 0.5) is 22.0 Å². The quantitative estimate of drug-likeness (QED) is 0.138. The Bertz CT molecular complexity index is 1270. The van der Waals surface area contributed by atoms with Gasteiger partial charge >= 0.3 is 31.2 Å². The molecule has 1 saturated heterocycles.